The first-order valence-electron chi connectivity index (χ1n) is 11.1. The van der Waals surface area contributed by atoms with Crippen molar-refractivity contribution in [2.45, 2.75) is 58.8 Å². The molecular weight excluding hydrogens is 380 g/mol. The predicted molar refractivity (Wildman–Crippen MR) is 131 cm³/mol. The van der Waals surface area contributed by atoms with Crippen LogP contribution in [-0.2, 0) is 12.8 Å². The molecule has 0 saturated heterocycles. The van der Waals surface area contributed by atoms with Crippen molar-refractivity contribution in [1.29, 1.82) is 0 Å². The topological polar surface area (TPSA) is 0 Å². The molecule has 0 amide bonds. The fraction of sp³-hybridized carbons (Fsp3) is 0.310. The summed E-state index contributed by atoms with van der Waals surface area (Å²) in [4.78, 5) is 2.11. The van der Waals surface area contributed by atoms with E-state index in [0.717, 1.165) is 33.7 Å². The Morgan fingerprint density at radius 2 is 1.00 bits per heavy atom. The highest BCUT2D eigenvalue weighted by atomic mass is 32.1. The lowest BCUT2D eigenvalue weighted by Gasteiger charge is -2.00. The lowest BCUT2D eigenvalue weighted by atomic mass is 10.1. The van der Waals surface area contributed by atoms with Gasteiger partial charge in [0.1, 0.15) is 0 Å². The first kappa shape index (κ1) is 22.0. The van der Waals surface area contributed by atoms with Gasteiger partial charge in [-0.3, -0.25) is 0 Å². The first-order valence-corrected chi connectivity index (χ1v) is 11.9. The van der Waals surface area contributed by atoms with Crippen molar-refractivity contribution in [3.8, 4) is 23.7 Å². The molecule has 0 aliphatic carbocycles. The van der Waals surface area contributed by atoms with Crippen LogP contribution in [0.3, 0.4) is 0 Å². The van der Waals surface area contributed by atoms with E-state index in [1.54, 1.807) is 11.3 Å². The minimum absolute atomic E-state index is 1.06. The van der Waals surface area contributed by atoms with Crippen molar-refractivity contribution >= 4 is 11.3 Å². The van der Waals surface area contributed by atoms with Gasteiger partial charge >= 0.3 is 0 Å². The molecule has 0 N–H and O–H groups in total. The molecule has 1 heteroatoms. The van der Waals surface area contributed by atoms with Gasteiger partial charge in [0.2, 0.25) is 0 Å². The fourth-order valence-corrected chi connectivity index (χ4v) is 3.92. The summed E-state index contributed by atoms with van der Waals surface area (Å²) in [6.07, 6.45) is 8.62. The zero-order valence-electron chi connectivity index (χ0n) is 18.1. The molecule has 30 heavy (non-hydrogen) atoms. The van der Waals surface area contributed by atoms with Crippen molar-refractivity contribution in [3.05, 3.63) is 92.7 Å². The van der Waals surface area contributed by atoms with E-state index in [-0.39, 0.29) is 0 Å². The number of aryl methyl sites for hydroxylation is 2. The molecule has 0 atom stereocenters. The standard InChI is InChI=1S/C29H30S/c1-3-5-7-9-25-12-16-27(17-13-25)19-21-29-23-22-28(30-29)20-18-26-14-10-24(11-15-26)8-6-4-2/h10-17,22-23H,3-9H2,1-2H3. The molecule has 1 heterocycles. The summed E-state index contributed by atoms with van der Waals surface area (Å²) >= 11 is 1.66. The Hall–Kier alpha value is -2.74. The number of unbranched alkanes of at least 4 members (excludes halogenated alkanes) is 3. The Kier molecular flexibility index (Phi) is 8.83. The van der Waals surface area contributed by atoms with Gasteiger partial charge in [0.25, 0.3) is 0 Å². The summed E-state index contributed by atoms with van der Waals surface area (Å²) in [5.74, 6) is 13.1. The molecular formula is C29H30S. The van der Waals surface area contributed by atoms with E-state index in [1.165, 1.54) is 43.2 Å². The van der Waals surface area contributed by atoms with Gasteiger partial charge in [-0.1, -0.05) is 81.1 Å². The fourth-order valence-electron chi connectivity index (χ4n) is 3.21. The third-order valence-corrected chi connectivity index (χ3v) is 5.98. The third kappa shape index (κ3) is 7.26. The monoisotopic (exact) mass is 410 g/mol. The van der Waals surface area contributed by atoms with E-state index in [9.17, 15) is 0 Å². The van der Waals surface area contributed by atoms with Crippen LogP contribution in [0.4, 0.5) is 0 Å². The molecule has 0 unspecified atom stereocenters. The number of rotatable bonds is 7. The Labute approximate surface area is 186 Å². The molecule has 152 valence electrons. The number of hydrogen-bond donors (Lipinski definition) is 0. The van der Waals surface area contributed by atoms with Gasteiger partial charge in [0, 0.05) is 11.1 Å². The van der Waals surface area contributed by atoms with Gasteiger partial charge in [-0.15, -0.1) is 11.3 Å². The molecule has 0 bridgehead atoms. The van der Waals surface area contributed by atoms with Crippen molar-refractivity contribution in [2.24, 2.45) is 0 Å². The molecule has 0 spiro atoms. The average molecular weight is 411 g/mol. The number of benzene rings is 2. The highest BCUT2D eigenvalue weighted by Crippen LogP contribution is 2.15. The van der Waals surface area contributed by atoms with Crippen LogP contribution in [0.2, 0.25) is 0 Å². The van der Waals surface area contributed by atoms with Gasteiger partial charge < -0.3 is 0 Å². The summed E-state index contributed by atoms with van der Waals surface area (Å²) < 4.78 is 0. The zero-order chi connectivity index (χ0) is 21.0. The molecule has 0 aliphatic rings. The maximum atomic E-state index is 3.28. The van der Waals surface area contributed by atoms with E-state index < -0.39 is 0 Å². The molecule has 3 aromatic rings. The van der Waals surface area contributed by atoms with Crippen LogP contribution in [0, 0.1) is 23.7 Å². The number of thiophene rings is 1. The Balaban J connectivity index is 1.58. The maximum Gasteiger partial charge on any atom is 0.0785 e. The second kappa shape index (κ2) is 12.1. The largest absolute Gasteiger partial charge is 0.118 e. The SMILES string of the molecule is CCCCCc1ccc(C#Cc2ccc(C#Cc3ccc(CCCC)cc3)s2)cc1. The van der Waals surface area contributed by atoms with E-state index in [1.807, 2.05) is 0 Å². The van der Waals surface area contributed by atoms with Crippen LogP contribution in [0.15, 0.2) is 60.7 Å². The van der Waals surface area contributed by atoms with Crippen LogP contribution in [0.25, 0.3) is 0 Å². The van der Waals surface area contributed by atoms with Crippen LogP contribution >= 0.6 is 11.3 Å². The maximum absolute atomic E-state index is 3.28. The minimum atomic E-state index is 1.06. The minimum Gasteiger partial charge on any atom is -0.118 e. The molecule has 0 nitrogen and oxygen atoms in total. The smallest absolute Gasteiger partial charge is 0.0785 e. The summed E-state index contributed by atoms with van der Waals surface area (Å²) in [6.45, 7) is 4.47. The van der Waals surface area contributed by atoms with Gasteiger partial charge in [0.15, 0.2) is 0 Å². The summed E-state index contributed by atoms with van der Waals surface area (Å²) in [6, 6.07) is 21.4. The lowest BCUT2D eigenvalue weighted by molar-refractivity contribution is 0.717. The van der Waals surface area contributed by atoms with E-state index in [0.29, 0.717) is 0 Å². The second-order valence-electron chi connectivity index (χ2n) is 7.62. The van der Waals surface area contributed by atoms with Gasteiger partial charge in [0.05, 0.1) is 9.75 Å². The first-order chi connectivity index (χ1) is 14.8. The third-order valence-electron chi connectivity index (χ3n) is 5.06. The molecule has 0 saturated carbocycles. The molecule has 3 rings (SSSR count). The zero-order valence-corrected chi connectivity index (χ0v) is 18.9. The van der Waals surface area contributed by atoms with Gasteiger partial charge in [-0.25, -0.2) is 0 Å². The highest BCUT2D eigenvalue weighted by Gasteiger charge is 1.97. The van der Waals surface area contributed by atoms with E-state index >= 15 is 0 Å². The quantitative estimate of drug-likeness (QED) is 0.277. The average Bonchev–Trinajstić information content (AvgIpc) is 3.24. The highest BCUT2D eigenvalue weighted by molar-refractivity contribution is 7.13. The number of hydrogen-bond acceptors (Lipinski definition) is 1. The Morgan fingerprint density at radius 3 is 1.47 bits per heavy atom. The summed E-state index contributed by atoms with van der Waals surface area (Å²) in [5.41, 5.74) is 4.93. The van der Waals surface area contributed by atoms with Gasteiger partial charge in [-0.2, -0.15) is 0 Å². The lowest BCUT2D eigenvalue weighted by Crippen LogP contribution is -1.85. The molecule has 1 aromatic heterocycles. The second-order valence-corrected chi connectivity index (χ2v) is 8.70. The Bertz CT molecular complexity index is 1030. The summed E-state index contributed by atoms with van der Waals surface area (Å²) in [5, 5.41) is 0. The van der Waals surface area contributed by atoms with E-state index in [2.05, 4.69) is 98.2 Å². The van der Waals surface area contributed by atoms with Crippen molar-refractivity contribution in [2.75, 3.05) is 0 Å². The Morgan fingerprint density at radius 1 is 0.533 bits per heavy atom. The predicted octanol–water partition coefficient (Wildman–Crippen LogP) is 7.62. The summed E-state index contributed by atoms with van der Waals surface area (Å²) in [7, 11) is 0. The molecule has 0 radical (unpaired) electrons. The van der Waals surface area contributed by atoms with Crippen LogP contribution in [0.5, 0.6) is 0 Å². The van der Waals surface area contributed by atoms with Crippen molar-refractivity contribution in [1.82, 2.24) is 0 Å². The van der Waals surface area contributed by atoms with E-state index in [4.69, 9.17) is 0 Å². The molecule has 0 aliphatic heterocycles. The van der Waals surface area contributed by atoms with Crippen LogP contribution < -0.4 is 0 Å². The van der Waals surface area contributed by atoms with Crippen molar-refractivity contribution in [3.63, 3.8) is 0 Å². The van der Waals surface area contributed by atoms with Crippen LogP contribution in [-0.4, -0.2) is 0 Å². The van der Waals surface area contributed by atoms with Gasteiger partial charge in [-0.05, 0) is 73.2 Å². The molecule has 0 fully saturated rings. The van der Waals surface area contributed by atoms with Crippen molar-refractivity contribution < 1.29 is 0 Å². The molecule has 2 aromatic carbocycles. The normalized spacial score (nSPS) is 10.1. The van der Waals surface area contributed by atoms with Crippen LogP contribution in [0.1, 0.15) is 78.0 Å².